The van der Waals surface area contributed by atoms with E-state index in [1.807, 2.05) is 19.1 Å². The minimum absolute atomic E-state index is 0.179. The molecule has 1 aromatic heterocycles. The average molecular weight is 361 g/mol. The van der Waals surface area contributed by atoms with Crippen LogP contribution in [0.15, 0.2) is 63.8 Å². The Morgan fingerprint density at radius 2 is 1.93 bits per heavy atom. The standard InChI is InChI=1S/C23H23NO3/c1-2-16-12-20-19(13-23(26)27-22(20)14-21(16)25)15-24-10-8-18(9-11-24)17-6-4-3-5-7-17/h3-8,12-14,25H,2,9-11,15H2,1H3. The van der Waals surface area contributed by atoms with Crippen molar-refractivity contribution in [3.05, 3.63) is 81.7 Å². The molecule has 2 heterocycles. The molecule has 27 heavy (non-hydrogen) atoms. The van der Waals surface area contributed by atoms with Crippen LogP contribution in [0.5, 0.6) is 5.75 Å². The summed E-state index contributed by atoms with van der Waals surface area (Å²) in [6, 6.07) is 15.5. The van der Waals surface area contributed by atoms with Crippen molar-refractivity contribution in [2.24, 2.45) is 0 Å². The number of aryl methyl sites for hydroxylation is 1. The first-order valence-corrected chi connectivity index (χ1v) is 9.39. The summed E-state index contributed by atoms with van der Waals surface area (Å²) in [5.41, 5.74) is 4.55. The second kappa shape index (κ2) is 7.41. The number of hydrogen-bond acceptors (Lipinski definition) is 4. The molecule has 0 atom stereocenters. The fraction of sp³-hybridized carbons (Fsp3) is 0.261. The summed E-state index contributed by atoms with van der Waals surface area (Å²) in [7, 11) is 0. The molecule has 0 radical (unpaired) electrons. The Morgan fingerprint density at radius 1 is 1.11 bits per heavy atom. The third-order valence-corrected chi connectivity index (χ3v) is 5.24. The number of benzene rings is 2. The second-order valence-corrected chi connectivity index (χ2v) is 7.00. The van der Waals surface area contributed by atoms with Crippen molar-refractivity contribution in [2.45, 2.75) is 26.3 Å². The molecule has 4 rings (SSSR count). The Labute approximate surface area is 158 Å². The van der Waals surface area contributed by atoms with Gasteiger partial charge in [0.2, 0.25) is 0 Å². The van der Waals surface area contributed by atoms with Gasteiger partial charge in [-0.2, -0.15) is 0 Å². The Balaban J connectivity index is 1.61. The molecular formula is C23H23NO3. The molecule has 4 nitrogen and oxygen atoms in total. The largest absolute Gasteiger partial charge is 0.508 e. The van der Waals surface area contributed by atoms with Gasteiger partial charge in [-0.25, -0.2) is 4.79 Å². The monoisotopic (exact) mass is 361 g/mol. The van der Waals surface area contributed by atoms with E-state index < -0.39 is 0 Å². The van der Waals surface area contributed by atoms with Crippen LogP contribution < -0.4 is 5.63 Å². The minimum Gasteiger partial charge on any atom is -0.508 e. The van der Waals surface area contributed by atoms with Crippen LogP contribution in [0.3, 0.4) is 0 Å². The van der Waals surface area contributed by atoms with E-state index in [-0.39, 0.29) is 11.4 Å². The molecule has 0 saturated heterocycles. The van der Waals surface area contributed by atoms with E-state index in [1.54, 1.807) is 12.1 Å². The molecular weight excluding hydrogens is 338 g/mol. The molecule has 2 aromatic carbocycles. The van der Waals surface area contributed by atoms with Crippen molar-refractivity contribution in [2.75, 3.05) is 13.1 Å². The summed E-state index contributed by atoms with van der Waals surface area (Å²) >= 11 is 0. The number of nitrogens with zero attached hydrogens (tertiary/aromatic N) is 1. The number of phenols is 1. The van der Waals surface area contributed by atoms with Crippen molar-refractivity contribution in [1.82, 2.24) is 4.90 Å². The third-order valence-electron chi connectivity index (χ3n) is 5.24. The summed E-state index contributed by atoms with van der Waals surface area (Å²) in [6.07, 6.45) is 3.99. The van der Waals surface area contributed by atoms with E-state index in [0.717, 1.165) is 42.4 Å². The summed E-state index contributed by atoms with van der Waals surface area (Å²) < 4.78 is 5.30. The molecule has 0 aliphatic carbocycles. The molecule has 1 N–H and O–H groups in total. The zero-order valence-corrected chi connectivity index (χ0v) is 15.4. The van der Waals surface area contributed by atoms with Crippen LogP contribution in [0.1, 0.15) is 30.0 Å². The first kappa shape index (κ1) is 17.6. The van der Waals surface area contributed by atoms with Crippen LogP contribution >= 0.6 is 0 Å². The summed E-state index contributed by atoms with van der Waals surface area (Å²) in [5.74, 6) is 0.179. The normalized spacial score (nSPS) is 15.1. The Hall–Kier alpha value is -2.85. The smallest absolute Gasteiger partial charge is 0.336 e. The van der Waals surface area contributed by atoms with Crippen LogP contribution in [-0.2, 0) is 13.0 Å². The van der Waals surface area contributed by atoms with E-state index in [4.69, 9.17) is 4.42 Å². The highest BCUT2D eigenvalue weighted by atomic mass is 16.4. The maximum atomic E-state index is 12.0. The van der Waals surface area contributed by atoms with Gasteiger partial charge in [0.1, 0.15) is 11.3 Å². The van der Waals surface area contributed by atoms with Gasteiger partial charge in [0, 0.05) is 37.2 Å². The molecule has 4 heteroatoms. The molecule has 0 spiro atoms. The van der Waals surface area contributed by atoms with E-state index in [1.165, 1.54) is 11.1 Å². The lowest BCUT2D eigenvalue weighted by Gasteiger charge is -2.27. The highest BCUT2D eigenvalue weighted by Crippen LogP contribution is 2.28. The fourth-order valence-corrected chi connectivity index (χ4v) is 3.73. The average Bonchev–Trinajstić information content (AvgIpc) is 2.68. The highest BCUT2D eigenvalue weighted by molar-refractivity contribution is 5.82. The van der Waals surface area contributed by atoms with Crippen LogP contribution in [0.4, 0.5) is 0 Å². The lowest BCUT2D eigenvalue weighted by molar-refractivity contribution is 0.294. The van der Waals surface area contributed by atoms with E-state index in [9.17, 15) is 9.90 Å². The quantitative estimate of drug-likeness (QED) is 0.702. The van der Waals surface area contributed by atoms with Crippen LogP contribution in [-0.4, -0.2) is 23.1 Å². The lowest BCUT2D eigenvalue weighted by atomic mass is 9.99. The van der Waals surface area contributed by atoms with E-state index in [2.05, 4.69) is 35.2 Å². The predicted octanol–water partition coefficient (Wildman–Crippen LogP) is 4.35. The lowest BCUT2D eigenvalue weighted by Crippen LogP contribution is -2.28. The van der Waals surface area contributed by atoms with Crippen LogP contribution in [0.2, 0.25) is 0 Å². The third kappa shape index (κ3) is 3.67. The minimum atomic E-state index is -0.376. The topological polar surface area (TPSA) is 53.7 Å². The maximum Gasteiger partial charge on any atom is 0.336 e. The van der Waals surface area contributed by atoms with Crippen molar-refractivity contribution in [3.8, 4) is 5.75 Å². The zero-order chi connectivity index (χ0) is 18.8. The molecule has 0 unspecified atom stereocenters. The van der Waals surface area contributed by atoms with Gasteiger partial charge < -0.3 is 9.52 Å². The molecule has 0 bridgehead atoms. The van der Waals surface area contributed by atoms with Gasteiger partial charge in [0.15, 0.2) is 0 Å². The number of rotatable bonds is 4. The van der Waals surface area contributed by atoms with Crippen molar-refractivity contribution in [3.63, 3.8) is 0 Å². The number of fused-ring (bicyclic) bond motifs is 1. The van der Waals surface area contributed by atoms with Gasteiger partial charge in [0.25, 0.3) is 0 Å². The van der Waals surface area contributed by atoms with Gasteiger partial charge in [-0.15, -0.1) is 0 Å². The molecule has 1 aliphatic rings. The number of aromatic hydroxyl groups is 1. The summed E-state index contributed by atoms with van der Waals surface area (Å²) in [5, 5.41) is 11.0. The number of phenolic OH excluding ortho intramolecular Hbond substituents is 1. The van der Waals surface area contributed by atoms with Crippen molar-refractivity contribution >= 4 is 16.5 Å². The van der Waals surface area contributed by atoms with E-state index >= 15 is 0 Å². The summed E-state index contributed by atoms with van der Waals surface area (Å²) in [6.45, 7) is 4.49. The second-order valence-electron chi connectivity index (χ2n) is 7.00. The molecule has 1 aliphatic heterocycles. The van der Waals surface area contributed by atoms with Gasteiger partial charge in [0.05, 0.1) is 0 Å². The summed E-state index contributed by atoms with van der Waals surface area (Å²) in [4.78, 5) is 14.3. The first-order chi connectivity index (χ1) is 13.1. The predicted molar refractivity (Wildman–Crippen MR) is 108 cm³/mol. The highest BCUT2D eigenvalue weighted by Gasteiger charge is 2.16. The molecule has 0 fully saturated rings. The SMILES string of the molecule is CCc1cc2c(CN3CC=C(c4ccccc4)CC3)cc(=O)oc2cc1O. The van der Waals surface area contributed by atoms with Gasteiger partial charge in [-0.3, -0.25) is 4.90 Å². The molecule has 3 aromatic rings. The van der Waals surface area contributed by atoms with E-state index in [0.29, 0.717) is 12.1 Å². The maximum absolute atomic E-state index is 12.0. The Morgan fingerprint density at radius 3 is 2.63 bits per heavy atom. The van der Waals surface area contributed by atoms with Gasteiger partial charge in [-0.1, -0.05) is 43.3 Å². The van der Waals surface area contributed by atoms with Gasteiger partial charge in [-0.05, 0) is 41.2 Å². The zero-order valence-electron chi connectivity index (χ0n) is 15.4. The van der Waals surface area contributed by atoms with Crippen molar-refractivity contribution in [1.29, 1.82) is 0 Å². The first-order valence-electron chi connectivity index (χ1n) is 9.39. The Kier molecular flexibility index (Phi) is 4.82. The van der Waals surface area contributed by atoms with Gasteiger partial charge >= 0.3 is 5.63 Å². The van der Waals surface area contributed by atoms with Crippen LogP contribution in [0.25, 0.3) is 16.5 Å². The molecule has 0 saturated carbocycles. The van der Waals surface area contributed by atoms with Crippen molar-refractivity contribution < 1.29 is 9.52 Å². The number of hydrogen-bond donors (Lipinski definition) is 1. The Bertz CT molecular complexity index is 1050. The van der Waals surface area contributed by atoms with Crippen LogP contribution in [0, 0.1) is 0 Å². The molecule has 138 valence electrons. The molecule has 0 amide bonds. The fourth-order valence-electron chi connectivity index (χ4n) is 3.73.